The van der Waals surface area contributed by atoms with E-state index in [9.17, 15) is 4.79 Å². The van der Waals surface area contributed by atoms with Crippen LogP contribution in [-0.4, -0.2) is 61.3 Å². The van der Waals surface area contributed by atoms with Crippen LogP contribution in [0.3, 0.4) is 0 Å². The number of aromatic nitrogens is 4. The summed E-state index contributed by atoms with van der Waals surface area (Å²) < 4.78 is 7.31. The van der Waals surface area contributed by atoms with E-state index in [0.717, 1.165) is 44.8 Å². The summed E-state index contributed by atoms with van der Waals surface area (Å²) in [5.41, 5.74) is 2.46. The SMILES string of the molecule is CC(=O)N(CCc1noc(C2CCC2)n1)C1CCN(Cc2cnn(C)c2C)C1. The highest BCUT2D eigenvalue weighted by Crippen LogP contribution is 2.35. The van der Waals surface area contributed by atoms with E-state index in [1.54, 1.807) is 6.92 Å². The molecule has 0 bridgehead atoms. The van der Waals surface area contributed by atoms with E-state index in [4.69, 9.17) is 4.52 Å². The lowest BCUT2D eigenvalue weighted by atomic mass is 9.85. The second kappa shape index (κ2) is 8.03. The summed E-state index contributed by atoms with van der Waals surface area (Å²) in [6, 6.07) is 0.243. The molecule has 0 spiro atoms. The zero-order chi connectivity index (χ0) is 19.7. The zero-order valence-corrected chi connectivity index (χ0v) is 17.1. The van der Waals surface area contributed by atoms with Crippen LogP contribution in [0, 0.1) is 6.92 Å². The largest absolute Gasteiger partial charge is 0.339 e. The van der Waals surface area contributed by atoms with E-state index in [0.29, 0.717) is 24.7 Å². The van der Waals surface area contributed by atoms with Crippen molar-refractivity contribution >= 4 is 5.91 Å². The molecule has 152 valence electrons. The molecule has 28 heavy (non-hydrogen) atoms. The predicted octanol–water partition coefficient (Wildman–Crippen LogP) is 2.04. The summed E-state index contributed by atoms with van der Waals surface area (Å²) in [4.78, 5) is 21.2. The van der Waals surface area contributed by atoms with Crippen molar-refractivity contribution in [2.75, 3.05) is 19.6 Å². The van der Waals surface area contributed by atoms with Gasteiger partial charge in [0, 0.05) is 69.8 Å². The Bertz CT molecular complexity index is 825. The van der Waals surface area contributed by atoms with Crippen LogP contribution in [0.25, 0.3) is 0 Å². The molecule has 1 unspecified atom stereocenters. The normalized spacial score (nSPS) is 20.5. The highest BCUT2D eigenvalue weighted by atomic mass is 16.5. The summed E-state index contributed by atoms with van der Waals surface area (Å²) in [6.45, 7) is 7.18. The Balaban J connectivity index is 1.32. The van der Waals surface area contributed by atoms with E-state index >= 15 is 0 Å². The van der Waals surface area contributed by atoms with Crippen LogP contribution in [0.1, 0.15) is 61.5 Å². The maximum absolute atomic E-state index is 12.3. The molecule has 0 N–H and O–H groups in total. The lowest BCUT2D eigenvalue weighted by Crippen LogP contribution is -2.42. The third-order valence-electron chi connectivity index (χ3n) is 6.34. The molecule has 1 atom stereocenters. The molecule has 0 radical (unpaired) electrons. The van der Waals surface area contributed by atoms with Gasteiger partial charge in [-0.1, -0.05) is 11.6 Å². The second-order valence-corrected chi connectivity index (χ2v) is 8.20. The van der Waals surface area contributed by atoms with Crippen LogP contribution < -0.4 is 0 Å². The monoisotopic (exact) mass is 386 g/mol. The van der Waals surface area contributed by atoms with Gasteiger partial charge in [-0.05, 0) is 26.2 Å². The van der Waals surface area contributed by atoms with Crippen LogP contribution in [0.5, 0.6) is 0 Å². The molecule has 8 heteroatoms. The van der Waals surface area contributed by atoms with Gasteiger partial charge in [0.1, 0.15) is 0 Å². The number of carbonyl (C=O) groups excluding carboxylic acids is 1. The maximum Gasteiger partial charge on any atom is 0.229 e. The molecule has 1 aliphatic carbocycles. The fourth-order valence-corrected chi connectivity index (χ4v) is 4.16. The Labute approximate surface area is 165 Å². The standard InChI is InChI=1S/C20H30N6O2/c1-14-17(11-21-24(14)3)12-25-9-7-18(13-25)26(15(2)27)10-8-19-22-20(28-23-19)16-5-4-6-16/h11,16,18H,4-10,12-13H2,1-3H3. The predicted molar refractivity (Wildman–Crippen MR) is 104 cm³/mol. The van der Waals surface area contributed by atoms with Crippen molar-refractivity contribution in [3.05, 3.63) is 29.2 Å². The van der Waals surface area contributed by atoms with Crippen molar-refractivity contribution in [3.63, 3.8) is 0 Å². The van der Waals surface area contributed by atoms with E-state index in [1.165, 1.54) is 17.7 Å². The van der Waals surface area contributed by atoms with Gasteiger partial charge < -0.3 is 9.42 Å². The minimum atomic E-state index is 0.118. The summed E-state index contributed by atoms with van der Waals surface area (Å²) in [6.07, 6.45) is 7.14. The molecule has 1 saturated heterocycles. The summed E-state index contributed by atoms with van der Waals surface area (Å²) >= 11 is 0. The molecule has 1 aliphatic heterocycles. The Kier molecular flexibility index (Phi) is 5.48. The third kappa shape index (κ3) is 3.97. The first-order chi connectivity index (χ1) is 13.5. The fourth-order valence-electron chi connectivity index (χ4n) is 4.16. The zero-order valence-electron chi connectivity index (χ0n) is 17.1. The van der Waals surface area contributed by atoms with Crippen molar-refractivity contribution in [1.82, 2.24) is 29.7 Å². The van der Waals surface area contributed by atoms with Gasteiger partial charge in [-0.25, -0.2) is 0 Å². The van der Waals surface area contributed by atoms with Crippen LogP contribution in [0.15, 0.2) is 10.7 Å². The van der Waals surface area contributed by atoms with Crippen molar-refractivity contribution < 1.29 is 9.32 Å². The van der Waals surface area contributed by atoms with Crippen molar-refractivity contribution in [3.8, 4) is 0 Å². The number of hydrogen-bond donors (Lipinski definition) is 0. The molecular weight excluding hydrogens is 356 g/mol. The van der Waals surface area contributed by atoms with Gasteiger partial charge in [-0.3, -0.25) is 14.4 Å². The number of nitrogens with zero attached hydrogens (tertiary/aromatic N) is 6. The summed E-state index contributed by atoms with van der Waals surface area (Å²) in [5, 5.41) is 8.45. The molecule has 2 aliphatic rings. The van der Waals surface area contributed by atoms with E-state index in [-0.39, 0.29) is 11.9 Å². The maximum atomic E-state index is 12.3. The minimum absolute atomic E-state index is 0.118. The number of hydrogen-bond acceptors (Lipinski definition) is 6. The van der Waals surface area contributed by atoms with Crippen molar-refractivity contribution in [2.24, 2.45) is 7.05 Å². The van der Waals surface area contributed by atoms with Gasteiger partial charge in [0.05, 0.1) is 6.20 Å². The molecule has 1 saturated carbocycles. The lowest BCUT2D eigenvalue weighted by Gasteiger charge is -2.28. The van der Waals surface area contributed by atoms with Crippen LogP contribution >= 0.6 is 0 Å². The van der Waals surface area contributed by atoms with Gasteiger partial charge >= 0.3 is 0 Å². The quantitative estimate of drug-likeness (QED) is 0.724. The lowest BCUT2D eigenvalue weighted by molar-refractivity contribution is -0.130. The smallest absolute Gasteiger partial charge is 0.229 e. The van der Waals surface area contributed by atoms with Crippen LogP contribution in [0.2, 0.25) is 0 Å². The van der Waals surface area contributed by atoms with Gasteiger partial charge in [0.2, 0.25) is 11.8 Å². The Morgan fingerprint density at radius 1 is 1.36 bits per heavy atom. The molecule has 2 aromatic rings. The molecule has 4 rings (SSSR count). The molecule has 1 amide bonds. The fraction of sp³-hybridized carbons (Fsp3) is 0.700. The number of likely N-dealkylation sites (tertiary alicyclic amines) is 1. The Hall–Kier alpha value is -2.22. The molecule has 2 aromatic heterocycles. The average Bonchev–Trinajstić information content (AvgIpc) is 3.32. The molecule has 2 fully saturated rings. The molecular formula is C20H30N6O2. The number of amides is 1. The summed E-state index contributed by atoms with van der Waals surface area (Å²) in [7, 11) is 1.97. The van der Waals surface area contributed by atoms with E-state index < -0.39 is 0 Å². The van der Waals surface area contributed by atoms with Crippen molar-refractivity contribution in [1.29, 1.82) is 0 Å². The van der Waals surface area contributed by atoms with Crippen LogP contribution in [-0.2, 0) is 24.8 Å². The Morgan fingerprint density at radius 3 is 2.82 bits per heavy atom. The summed E-state index contributed by atoms with van der Waals surface area (Å²) in [5.74, 6) is 2.06. The number of carbonyl (C=O) groups is 1. The minimum Gasteiger partial charge on any atom is -0.339 e. The first kappa shape index (κ1) is 19.1. The van der Waals surface area contributed by atoms with Crippen LogP contribution in [0.4, 0.5) is 0 Å². The van der Waals surface area contributed by atoms with Gasteiger partial charge in [-0.2, -0.15) is 10.1 Å². The van der Waals surface area contributed by atoms with Crippen molar-refractivity contribution in [2.45, 2.75) is 64.5 Å². The Morgan fingerprint density at radius 2 is 2.18 bits per heavy atom. The van der Waals surface area contributed by atoms with E-state index in [1.807, 2.05) is 22.8 Å². The molecule has 8 nitrogen and oxygen atoms in total. The average molecular weight is 387 g/mol. The van der Waals surface area contributed by atoms with Gasteiger partial charge in [0.25, 0.3) is 0 Å². The first-order valence-electron chi connectivity index (χ1n) is 10.3. The first-order valence-corrected chi connectivity index (χ1v) is 10.3. The van der Waals surface area contributed by atoms with E-state index in [2.05, 4.69) is 27.1 Å². The molecule has 3 heterocycles. The topological polar surface area (TPSA) is 80.3 Å². The highest BCUT2D eigenvalue weighted by Gasteiger charge is 2.30. The number of aryl methyl sites for hydroxylation is 1. The molecule has 0 aromatic carbocycles. The van der Waals surface area contributed by atoms with Gasteiger partial charge in [0.15, 0.2) is 5.82 Å². The highest BCUT2D eigenvalue weighted by molar-refractivity contribution is 5.73. The second-order valence-electron chi connectivity index (χ2n) is 8.20. The van der Waals surface area contributed by atoms with Gasteiger partial charge in [-0.15, -0.1) is 0 Å². The number of rotatable bonds is 7. The third-order valence-corrected chi connectivity index (χ3v) is 6.34.